The molecule has 33 heavy (non-hydrogen) atoms. The second kappa shape index (κ2) is 13.9. The first-order valence-electron chi connectivity index (χ1n) is 11.1. The molecule has 2 aromatic rings. The molecule has 2 aromatic carbocycles. The lowest BCUT2D eigenvalue weighted by atomic mass is 10.1. The van der Waals surface area contributed by atoms with Crippen molar-refractivity contribution in [3.63, 3.8) is 0 Å². The quantitative estimate of drug-likeness (QED) is 0.262. The Balaban J connectivity index is 0.00000385. The number of aliphatic imine (C=N–C) groups is 1. The summed E-state index contributed by atoms with van der Waals surface area (Å²) >= 11 is 0. The summed E-state index contributed by atoms with van der Waals surface area (Å²) in [5.41, 5.74) is 1.26. The topological polar surface area (TPSA) is 75.2 Å². The highest BCUT2D eigenvalue weighted by Gasteiger charge is 2.29. The molecule has 180 valence electrons. The smallest absolute Gasteiger partial charge is 0.223 e. The van der Waals surface area contributed by atoms with Crippen LogP contribution >= 0.6 is 24.0 Å². The van der Waals surface area contributed by atoms with Crippen molar-refractivity contribution in [2.75, 3.05) is 40.3 Å². The summed E-state index contributed by atoms with van der Waals surface area (Å²) in [5.74, 6) is 2.75. The second-order valence-electron chi connectivity index (χ2n) is 8.09. The molecule has 0 aliphatic carbocycles. The third-order valence-corrected chi connectivity index (χ3v) is 5.53. The number of guanidine groups is 1. The van der Waals surface area contributed by atoms with Crippen LogP contribution in [0.25, 0.3) is 0 Å². The van der Waals surface area contributed by atoms with Crippen LogP contribution in [0.1, 0.15) is 18.9 Å². The highest BCUT2D eigenvalue weighted by atomic mass is 127. The lowest BCUT2D eigenvalue weighted by Crippen LogP contribution is -2.43. The molecule has 0 spiro atoms. The van der Waals surface area contributed by atoms with Gasteiger partial charge in [-0.15, -0.1) is 24.0 Å². The SMILES string of the molecule is CN=C(NCC1CC(=O)N(CCc2ccccc2)C1)NCC(C)Oc1cccc(OC)c1.I. The molecule has 0 bridgehead atoms. The van der Waals surface area contributed by atoms with E-state index in [0.29, 0.717) is 25.5 Å². The van der Waals surface area contributed by atoms with E-state index in [1.165, 1.54) is 5.56 Å². The number of amides is 1. The lowest BCUT2D eigenvalue weighted by molar-refractivity contribution is -0.127. The largest absolute Gasteiger partial charge is 0.497 e. The molecule has 8 heteroatoms. The molecule has 1 amide bonds. The number of carbonyl (C=O) groups is 1. The number of hydrogen-bond donors (Lipinski definition) is 2. The maximum atomic E-state index is 12.4. The monoisotopic (exact) mass is 566 g/mol. The van der Waals surface area contributed by atoms with Crippen LogP contribution < -0.4 is 20.1 Å². The average molecular weight is 566 g/mol. The van der Waals surface area contributed by atoms with E-state index < -0.39 is 0 Å². The molecule has 0 aromatic heterocycles. The van der Waals surface area contributed by atoms with Crippen LogP contribution in [-0.4, -0.2) is 63.2 Å². The van der Waals surface area contributed by atoms with Gasteiger partial charge in [0.2, 0.25) is 5.91 Å². The maximum absolute atomic E-state index is 12.4. The van der Waals surface area contributed by atoms with Crippen LogP contribution in [0.15, 0.2) is 59.6 Å². The van der Waals surface area contributed by atoms with Gasteiger partial charge in [0, 0.05) is 45.1 Å². The molecule has 3 rings (SSSR count). The highest BCUT2D eigenvalue weighted by molar-refractivity contribution is 14.0. The molecule has 1 aliphatic rings. The van der Waals surface area contributed by atoms with Crippen molar-refractivity contribution in [1.82, 2.24) is 15.5 Å². The molecule has 2 atom stereocenters. The van der Waals surface area contributed by atoms with Crippen molar-refractivity contribution in [2.45, 2.75) is 25.9 Å². The summed E-state index contributed by atoms with van der Waals surface area (Å²) in [6.45, 7) is 4.86. The van der Waals surface area contributed by atoms with Gasteiger partial charge in [0.05, 0.1) is 13.7 Å². The van der Waals surface area contributed by atoms with Gasteiger partial charge in [-0.1, -0.05) is 36.4 Å². The molecule has 1 aliphatic heterocycles. The number of hydrogen-bond acceptors (Lipinski definition) is 4. The van der Waals surface area contributed by atoms with Gasteiger partial charge in [-0.3, -0.25) is 9.79 Å². The first kappa shape index (κ1) is 26.8. The van der Waals surface area contributed by atoms with E-state index in [1.54, 1.807) is 14.2 Å². The Kier molecular flexibility index (Phi) is 11.3. The van der Waals surface area contributed by atoms with Crippen molar-refractivity contribution in [3.05, 3.63) is 60.2 Å². The second-order valence-corrected chi connectivity index (χ2v) is 8.09. The summed E-state index contributed by atoms with van der Waals surface area (Å²) < 4.78 is 11.2. The molecular formula is C25H35IN4O3. The predicted molar refractivity (Wildman–Crippen MR) is 143 cm³/mol. The Morgan fingerprint density at radius 2 is 1.91 bits per heavy atom. The van der Waals surface area contributed by atoms with Crippen LogP contribution in [0.2, 0.25) is 0 Å². The summed E-state index contributed by atoms with van der Waals surface area (Å²) in [4.78, 5) is 18.6. The number of nitrogens with one attached hydrogen (secondary N) is 2. The van der Waals surface area contributed by atoms with Gasteiger partial charge in [0.1, 0.15) is 17.6 Å². The van der Waals surface area contributed by atoms with Crippen LogP contribution in [-0.2, 0) is 11.2 Å². The minimum atomic E-state index is -0.0535. The van der Waals surface area contributed by atoms with Crippen molar-refractivity contribution < 1.29 is 14.3 Å². The van der Waals surface area contributed by atoms with E-state index in [4.69, 9.17) is 9.47 Å². The molecule has 2 unspecified atom stereocenters. The Hall–Kier alpha value is -2.49. The van der Waals surface area contributed by atoms with Gasteiger partial charge in [-0.2, -0.15) is 0 Å². The summed E-state index contributed by atoms with van der Waals surface area (Å²) in [6, 6.07) is 17.9. The van der Waals surface area contributed by atoms with Crippen molar-refractivity contribution in [3.8, 4) is 11.5 Å². The fourth-order valence-electron chi connectivity index (χ4n) is 3.77. The Morgan fingerprint density at radius 1 is 1.15 bits per heavy atom. The summed E-state index contributed by atoms with van der Waals surface area (Å²) in [5, 5.41) is 6.64. The van der Waals surface area contributed by atoms with Gasteiger partial charge >= 0.3 is 0 Å². The number of ether oxygens (including phenoxy) is 2. The molecule has 2 N–H and O–H groups in total. The molecule has 1 fully saturated rings. The van der Waals surface area contributed by atoms with Crippen LogP contribution in [0, 0.1) is 5.92 Å². The van der Waals surface area contributed by atoms with Crippen LogP contribution in [0.4, 0.5) is 0 Å². The van der Waals surface area contributed by atoms with Gasteiger partial charge in [0.15, 0.2) is 5.96 Å². The van der Waals surface area contributed by atoms with Gasteiger partial charge in [0.25, 0.3) is 0 Å². The van der Waals surface area contributed by atoms with Crippen LogP contribution in [0.3, 0.4) is 0 Å². The van der Waals surface area contributed by atoms with E-state index in [2.05, 4.69) is 27.8 Å². The minimum absolute atomic E-state index is 0. The van der Waals surface area contributed by atoms with Crippen molar-refractivity contribution >= 4 is 35.8 Å². The zero-order valence-corrected chi connectivity index (χ0v) is 22.0. The fourth-order valence-corrected chi connectivity index (χ4v) is 3.77. The normalized spacial score (nSPS) is 16.7. The van der Waals surface area contributed by atoms with Gasteiger partial charge in [-0.05, 0) is 31.0 Å². The fraction of sp³-hybridized carbons (Fsp3) is 0.440. The average Bonchev–Trinajstić information content (AvgIpc) is 3.18. The molecule has 1 saturated heterocycles. The number of rotatable bonds is 10. The maximum Gasteiger partial charge on any atom is 0.223 e. The Labute approximate surface area is 214 Å². The molecule has 0 saturated carbocycles. The number of carbonyl (C=O) groups excluding carboxylic acids is 1. The van der Waals surface area contributed by atoms with E-state index in [-0.39, 0.29) is 41.9 Å². The number of methoxy groups -OCH3 is 1. The third kappa shape index (κ3) is 8.75. The standard InChI is InChI=1S/C25H34N4O3.HI/c1-19(32-23-11-7-10-22(15-23)31-3)16-27-25(26-2)28-17-21-14-24(30)29(18-21)13-12-20-8-5-4-6-9-20;/h4-11,15,19,21H,12-14,16-18H2,1-3H3,(H2,26,27,28);1H. The van der Waals surface area contributed by atoms with E-state index in [0.717, 1.165) is 31.0 Å². The van der Waals surface area contributed by atoms with Crippen molar-refractivity contribution in [1.29, 1.82) is 0 Å². The summed E-state index contributed by atoms with van der Waals surface area (Å²) in [7, 11) is 3.38. The van der Waals surface area contributed by atoms with E-state index in [9.17, 15) is 4.79 Å². The zero-order valence-electron chi connectivity index (χ0n) is 19.6. The first-order chi connectivity index (χ1) is 15.6. The molecule has 7 nitrogen and oxygen atoms in total. The molecule has 0 radical (unpaired) electrons. The molecule has 1 heterocycles. The first-order valence-corrected chi connectivity index (χ1v) is 11.1. The van der Waals surface area contributed by atoms with E-state index in [1.807, 2.05) is 54.3 Å². The lowest BCUT2D eigenvalue weighted by Gasteiger charge is -2.19. The van der Waals surface area contributed by atoms with Gasteiger partial charge < -0.3 is 25.0 Å². The number of likely N-dealkylation sites (tertiary alicyclic amines) is 1. The Bertz CT molecular complexity index is 894. The van der Waals surface area contributed by atoms with Crippen LogP contribution in [0.5, 0.6) is 11.5 Å². The minimum Gasteiger partial charge on any atom is -0.497 e. The third-order valence-electron chi connectivity index (χ3n) is 5.53. The zero-order chi connectivity index (χ0) is 22.8. The number of benzene rings is 2. The number of halogens is 1. The van der Waals surface area contributed by atoms with Gasteiger partial charge in [-0.25, -0.2) is 0 Å². The van der Waals surface area contributed by atoms with E-state index >= 15 is 0 Å². The molecular weight excluding hydrogens is 531 g/mol. The Morgan fingerprint density at radius 3 is 2.64 bits per heavy atom. The number of nitrogens with zero attached hydrogens (tertiary/aromatic N) is 2. The predicted octanol–water partition coefficient (Wildman–Crippen LogP) is 3.34. The van der Waals surface area contributed by atoms with Crippen molar-refractivity contribution in [2.24, 2.45) is 10.9 Å². The summed E-state index contributed by atoms with van der Waals surface area (Å²) in [6.07, 6.45) is 1.41. The highest BCUT2D eigenvalue weighted by Crippen LogP contribution is 2.20.